The Morgan fingerprint density at radius 1 is 1.19 bits per heavy atom. The van der Waals surface area contributed by atoms with E-state index in [1.165, 1.54) is 31.4 Å². The van der Waals surface area contributed by atoms with E-state index in [9.17, 15) is 26.9 Å². The second kappa shape index (κ2) is 9.13. The summed E-state index contributed by atoms with van der Waals surface area (Å²) >= 11 is -1.33. The van der Waals surface area contributed by atoms with Crippen molar-refractivity contribution in [3.8, 4) is 11.6 Å². The third kappa shape index (κ3) is 5.17. The predicted octanol–water partition coefficient (Wildman–Crippen LogP) is 5.03. The Bertz CT molecular complexity index is 1170. The number of alkyl halides is 3. The summed E-state index contributed by atoms with van der Waals surface area (Å²) in [5, 5.41) is 2.49. The van der Waals surface area contributed by atoms with Crippen molar-refractivity contribution < 1.29 is 31.6 Å². The van der Waals surface area contributed by atoms with Gasteiger partial charge in [-0.15, -0.1) is 0 Å². The molecule has 0 saturated carbocycles. The van der Waals surface area contributed by atoms with Crippen LogP contribution in [0.2, 0.25) is 0 Å². The van der Waals surface area contributed by atoms with E-state index in [2.05, 4.69) is 15.3 Å². The van der Waals surface area contributed by atoms with Gasteiger partial charge in [-0.3, -0.25) is 4.79 Å². The van der Waals surface area contributed by atoms with E-state index < -0.39 is 51.8 Å². The number of nitrogens with zero attached hydrogens (tertiary/aromatic N) is 2. The van der Waals surface area contributed by atoms with Crippen molar-refractivity contribution in [3.63, 3.8) is 0 Å². The molecule has 0 unspecified atom stereocenters. The highest BCUT2D eigenvalue weighted by Crippen LogP contribution is 2.37. The van der Waals surface area contributed by atoms with Gasteiger partial charge in [0.05, 0.1) is 11.3 Å². The first kappa shape index (κ1) is 23.5. The third-order valence-corrected chi connectivity index (χ3v) is 5.39. The number of anilines is 1. The maximum Gasteiger partial charge on any atom is 0.418 e. The largest absolute Gasteiger partial charge is 0.612 e. The standard InChI is InChI=1S/C21H17F4N3O3S/c1-11-15(21(23,24)25)10-26-20(31-16-7-8-17(22)27-12(16)2)18(11)19(29)28-13-5-4-6-14(9-13)32(3)30/h4-10H,1-3H3,(H,28,29)/t32-/m0/s1. The highest BCUT2D eigenvalue weighted by Gasteiger charge is 2.36. The Kier molecular flexibility index (Phi) is 6.70. The van der Waals surface area contributed by atoms with Gasteiger partial charge in [0.2, 0.25) is 11.8 Å². The summed E-state index contributed by atoms with van der Waals surface area (Å²) in [6.07, 6.45) is -2.74. The smallest absolute Gasteiger partial charge is 0.418 e. The Morgan fingerprint density at radius 3 is 2.53 bits per heavy atom. The number of ether oxygens (including phenoxy) is 1. The zero-order valence-corrected chi connectivity index (χ0v) is 17.9. The predicted molar refractivity (Wildman–Crippen MR) is 110 cm³/mol. The van der Waals surface area contributed by atoms with Crippen molar-refractivity contribution >= 4 is 22.8 Å². The molecule has 0 spiro atoms. The van der Waals surface area contributed by atoms with Crippen LogP contribution in [0.5, 0.6) is 11.6 Å². The van der Waals surface area contributed by atoms with E-state index in [-0.39, 0.29) is 17.1 Å². The Hall–Kier alpha value is -3.18. The summed E-state index contributed by atoms with van der Waals surface area (Å²) in [4.78, 5) is 20.7. The fourth-order valence-corrected chi connectivity index (χ4v) is 3.45. The molecule has 168 valence electrons. The number of carbonyl (C=O) groups is 1. The fourth-order valence-electron chi connectivity index (χ4n) is 2.89. The minimum atomic E-state index is -4.75. The Balaban J connectivity index is 2.06. The Labute approximate surface area is 183 Å². The number of aromatic nitrogens is 2. The molecule has 2 aromatic heterocycles. The van der Waals surface area contributed by atoms with Crippen LogP contribution in [0, 0.1) is 19.8 Å². The van der Waals surface area contributed by atoms with E-state index in [1.54, 1.807) is 12.1 Å². The van der Waals surface area contributed by atoms with Crippen molar-refractivity contribution in [1.82, 2.24) is 9.97 Å². The lowest BCUT2D eigenvalue weighted by molar-refractivity contribution is -0.138. The molecular formula is C21H17F4N3O3S. The number of hydrogen-bond donors (Lipinski definition) is 1. The van der Waals surface area contributed by atoms with Gasteiger partial charge in [-0.05, 0) is 54.9 Å². The second-order valence-corrected chi connectivity index (χ2v) is 8.11. The summed E-state index contributed by atoms with van der Waals surface area (Å²) in [5.41, 5.74) is -1.61. The van der Waals surface area contributed by atoms with Crippen LogP contribution in [0.25, 0.3) is 0 Å². The third-order valence-electron chi connectivity index (χ3n) is 4.47. The molecular weight excluding hydrogens is 450 g/mol. The van der Waals surface area contributed by atoms with Crippen molar-refractivity contribution in [2.75, 3.05) is 11.6 Å². The van der Waals surface area contributed by atoms with Gasteiger partial charge in [0.25, 0.3) is 5.91 Å². The van der Waals surface area contributed by atoms with Gasteiger partial charge in [-0.1, -0.05) is 6.07 Å². The summed E-state index contributed by atoms with van der Waals surface area (Å²) in [7, 11) is 0. The van der Waals surface area contributed by atoms with Crippen LogP contribution in [0.3, 0.4) is 0 Å². The number of rotatable bonds is 5. The molecule has 3 aromatic rings. The van der Waals surface area contributed by atoms with Gasteiger partial charge in [-0.25, -0.2) is 9.97 Å². The maximum atomic E-state index is 13.4. The lowest BCUT2D eigenvalue weighted by atomic mass is 10.0. The van der Waals surface area contributed by atoms with Crippen LogP contribution in [0.1, 0.15) is 27.2 Å². The molecule has 3 rings (SSSR count). The summed E-state index contributed by atoms with van der Waals surface area (Å²) in [6.45, 7) is 2.56. The molecule has 1 aromatic carbocycles. The minimum Gasteiger partial charge on any atom is -0.612 e. The van der Waals surface area contributed by atoms with Crippen molar-refractivity contribution in [2.45, 2.75) is 24.9 Å². The number of aryl methyl sites for hydroxylation is 1. The zero-order chi connectivity index (χ0) is 23.6. The van der Waals surface area contributed by atoms with E-state index in [4.69, 9.17) is 4.74 Å². The molecule has 6 nitrogen and oxygen atoms in total. The minimum absolute atomic E-state index is 0.0236. The number of halogens is 4. The van der Waals surface area contributed by atoms with Crippen LogP contribution in [0.15, 0.2) is 47.5 Å². The molecule has 11 heteroatoms. The summed E-state index contributed by atoms with van der Waals surface area (Å²) < 4.78 is 70.8. The molecule has 0 fully saturated rings. The molecule has 1 N–H and O–H groups in total. The molecule has 0 saturated heterocycles. The first-order chi connectivity index (χ1) is 15.0. The first-order valence-electron chi connectivity index (χ1n) is 9.10. The molecule has 1 atom stereocenters. The van der Waals surface area contributed by atoms with Gasteiger partial charge in [0.1, 0.15) is 11.8 Å². The number of amides is 1. The number of carbonyl (C=O) groups excluding carboxylic acids is 1. The summed E-state index contributed by atoms with van der Waals surface area (Å²) in [5.74, 6) is -2.06. The van der Waals surface area contributed by atoms with Crippen molar-refractivity contribution in [2.24, 2.45) is 0 Å². The second-order valence-electron chi connectivity index (χ2n) is 6.73. The first-order valence-corrected chi connectivity index (χ1v) is 10.7. The van der Waals surface area contributed by atoms with Crippen molar-refractivity contribution in [1.29, 1.82) is 0 Å². The lowest BCUT2D eigenvalue weighted by Crippen LogP contribution is -2.19. The maximum absolute atomic E-state index is 13.4. The number of nitrogens with one attached hydrogen (secondary N) is 1. The highest BCUT2D eigenvalue weighted by atomic mass is 32.2. The van der Waals surface area contributed by atoms with Gasteiger partial charge in [0.15, 0.2) is 10.6 Å². The fraction of sp³-hybridized carbons (Fsp3) is 0.190. The highest BCUT2D eigenvalue weighted by molar-refractivity contribution is 7.90. The SMILES string of the molecule is Cc1nc(F)ccc1Oc1ncc(C(F)(F)F)c(C)c1C(=O)Nc1cccc([S@+](C)[O-])c1. The molecule has 1 amide bonds. The monoisotopic (exact) mass is 467 g/mol. The topological polar surface area (TPSA) is 87.2 Å². The van der Waals surface area contributed by atoms with Crippen LogP contribution in [-0.4, -0.2) is 26.7 Å². The molecule has 0 radical (unpaired) electrons. The molecule has 0 aliphatic carbocycles. The molecule has 2 heterocycles. The molecule has 0 aliphatic rings. The number of hydrogen-bond acceptors (Lipinski definition) is 5. The zero-order valence-electron chi connectivity index (χ0n) is 17.1. The van der Waals surface area contributed by atoms with Crippen LogP contribution in [0.4, 0.5) is 23.2 Å². The lowest BCUT2D eigenvalue weighted by Gasteiger charge is -2.17. The van der Waals surface area contributed by atoms with Crippen LogP contribution in [-0.2, 0) is 17.4 Å². The number of pyridine rings is 2. The molecule has 0 aliphatic heterocycles. The van der Waals surface area contributed by atoms with Crippen LogP contribution >= 0.6 is 0 Å². The van der Waals surface area contributed by atoms with E-state index in [0.29, 0.717) is 11.1 Å². The van der Waals surface area contributed by atoms with E-state index in [1.807, 2.05) is 0 Å². The average Bonchev–Trinajstić information content (AvgIpc) is 2.69. The number of benzene rings is 1. The quantitative estimate of drug-likeness (QED) is 0.323. The Morgan fingerprint density at radius 2 is 1.91 bits per heavy atom. The average molecular weight is 467 g/mol. The summed E-state index contributed by atoms with van der Waals surface area (Å²) in [6, 6.07) is 8.32. The van der Waals surface area contributed by atoms with E-state index in [0.717, 1.165) is 13.0 Å². The van der Waals surface area contributed by atoms with Gasteiger partial charge >= 0.3 is 6.18 Å². The van der Waals surface area contributed by atoms with Crippen molar-refractivity contribution in [3.05, 3.63) is 70.9 Å². The van der Waals surface area contributed by atoms with Gasteiger partial charge in [0, 0.05) is 18.0 Å². The van der Waals surface area contributed by atoms with Gasteiger partial charge < -0.3 is 14.6 Å². The molecule has 0 bridgehead atoms. The molecule has 32 heavy (non-hydrogen) atoms. The van der Waals surface area contributed by atoms with Gasteiger partial charge in [-0.2, -0.15) is 17.6 Å². The van der Waals surface area contributed by atoms with Crippen LogP contribution < -0.4 is 10.1 Å². The normalized spacial score (nSPS) is 12.4. The van der Waals surface area contributed by atoms with E-state index >= 15 is 0 Å².